The fourth-order valence-electron chi connectivity index (χ4n) is 5.54. The molecule has 1 aromatic carbocycles. The second-order valence-corrected chi connectivity index (χ2v) is 10.8. The lowest BCUT2D eigenvalue weighted by Gasteiger charge is -2.38. The molecule has 0 radical (unpaired) electrons. The fraction of sp³-hybridized carbons (Fsp3) is 0.720. The summed E-state index contributed by atoms with van der Waals surface area (Å²) in [6.07, 6.45) is -7.32. The molecule has 1 unspecified atom stereocenters. The smallest absolute Gasteiger partial charge is 0.338 e. The van der Waals surface area contributed by atoms with Gasteiger partial charge < -0.3 is 10.2 Å². The second-order valence-electron chi connectivity index (χ2n) is 10.8. The van der Waals surface area contributed by atoms with Gasteiger partial charge in [0.15, 0.2) is 0 Å². The molecular weight excluding hydrogens is 496 g/mol. The molecule has 11 heteroatoms. The highest BCUT2D eigenvalue weighted by atomic mass is 19.4. The van der Waals surface area contributed by atoms with E-state index in [4.69, 9.17) is 0 Å². The Hall–Kier alpha value is -1.91. The number of benzene rings is 1. The molecule has 1 heterocycles. The van der Waals surface area contributed by atoms with E-state index in [1.54, 1.807) is 0 Å². The van der Waals surface area contributed by atoms with E-state index in [0.717, 1.165) is 12.8 Å². The third-order valence-electron chi connectivity index (χ3n) is 7.70. The van der Waals surface area contributed by atoms with Gasteiger partial charge in [0.1, 0.15) is 0 Å². The Kier molecular flexibility index (Phi) is 7.36. The van der Waals surface area contributed by atoms with E-state index < -0.39 is 41.4 Å². The minimum absolute atomic E-state index is 0.0267. The molecule has 1 aromatic rings. The average molecular weight is 527 g/mol. The van der Waals surface area contributed by atoms with Crippen molar-refractivity contribution in [1.82, 2.24) is 10.2 Å². The molecule has 2 aliphatic carbocycles. The van der Waals surface area contributed by atoms with Gasteiger partial charge in [-0.25, -0.2) is 8.78 Å². The van der Waals surface area contributed by atoms with Crippen LogP contribution in [0.5, 0.6) is 0 Å². The highest BCUT2D eigenvalue weighted by Crippen LogP contribution is 2.45. The largest absolute Gasteiger partial charge is 0.416 e. The summed E-state index contributed by atoms with van der Waals surface area (Å²) >= 11 is 0. The Morgan fingerprint density at radius 2 is 1.47 bits per heavy atom. The molecular formula is C25H30F8N2O. The maximum atomic E-state index is 13.9. The molecule has 0 aromatic heterocycles. The number of halogens is 8. The van der Waals surface area contributed by atoms with Crippen molar-refractivity contribution in [1.29, 1.82) is 0 Å². The van der Waals surface area contributed by atoms with Crippen molar-refractivity contribution in [2.45, 2.75) is 76.2 Å². The number of hydrogen-bond acceptors (Lipinski definition) is 2. The van der Waals surface area contributed by atoms with Gasteiger partial charge in [0.05, 0.1) is 16.5 Å². The molecule has 36 heavy (non-hydrogen) atoms. The summed E-state index contributed by atoms with van der Waals surface area (Å²) in [5, 5.41) is 3.17. The van der Waals surface area contributed by atoms with Crippen molar-refractivity contribution in [2.75, 3.05) is 19.6 Å². The minimum Gasteiger partial charge on any atom is -0.338 e. The quantitative estimate of drug-likeness (QED) is 0.403. The van der Waals surface area contributed by atoms with Crippen LogP contribution in [-0.4, -0.2) is 36.4 Å². The van der Waals surface area contributed by atoms with Gasteiger partial charge in [0.25, 0.3) is 0 Å². The van der Waals surface area contributed by atoms with Gasteiger partial charge in [0.2, 0.25) is 11.8 Å². The molecule has 3 nitrogen and oxygen atoms in total. The maximum Gasteiger partial charge on any atom is 0.416 e. The molecule has 1 atom stereocenters. The molecule has 1 saturated heterocycles. The standard InChI is InChI=1S/C25H30F8N2O/c26-23(27)5-3-17(4-6-23)13-35(21(36)22(7-8-34-15-22)12-16-1-2-16)14-18-9-19(24(28,29)30)11-20(10-18)25(31,32)33/h9-11,16-17,34H,1-8,12-15H2. The highest BCUT2D eigenvalue weighted by Gasteiger charge is 2.48. The van der Waals surface area contributed by atoms with Gasteiger partial charge in [-0.05, 0) is 67.8 Å². The van der Waals surface area contributed by atoms with Crippen LogP contribution in [-0.2, 0) is 23.7 Å². The van der Waals surface area contributed by atoms with Crippen LogP contribution in [0.3, 0.4) is 0 Å². The van der Waals surface area contributed by atoms with Gasteiger partial charge in [-0.2, -0.15) is 26.3 Å². The van der Waals surface area contributed by atoms with Gasteiger partial charge in [-0.3, -0.25) is 4.79 Å². The first kappa shape index (κ1) is 27.1. The Balaban J connectivity index is 1.65. The minimum atomic E-state index is -5.00. The lowest BCUT2D eigenvalue weighted by Crippen LogP contribution is -2.47. The van der Waals surface area contributed by atoms with Gasteiger partial charge in [-0.15, -0.1) is 0 Å². The molecule has 0 bridgehead atoms. The van der Waals surface area contributed by atoms with Crippen LogP contribution < -0.4 is 5.32 Å². The zero-order valence-corrected chi connectivity index (χ0v) is 19.8. The Bertz CT molecular complexity index is 906. The number of nitrogens with one attached hydrogen (secondary N) is 1. The predicted octanol–water partition coefficient (Wildman–Crippen LogP) is 6.66. The zero-order valence-electron chi connectivity index (χ0n) is 19.8. The summed E-state index contributed by atoms with van der Waals surface area (Å²) in [6.45, 7) is 0.561. The van der Waals surface area contributed by atoms with Crippen LogP contribution in [0.15, 0.2) is 18.2 Å². The van der Waals surface area contributed by atoms with Crippen LogP contribution in [0.25, 0.3) is 0 Å². The Morgan fingerprint density at radius 3 is 1.94 bits per heavy atom. The number of nitrogens with zero attached hydrogens (tertiary/aromatic N) is 1. The molecule has 202 valence electrons. The molecule has 2 saturated carbocycles. The van der Waals surface area contributed by atoms with E-state index in [0.29, 0.717) is 44.0 Å². The molecule has 1 aliphatic heterocycles. The fourth-order valence-corrected chi connectivity index (χ4v) is 5.54. The van der Waals surface area contributed by atoms with Crippen LogP contribution >= 0.6 is 0 Å². The second kappa shape index (κ2) is 9.76. The molecule has 1 amide bonds. The van der Waals surface area contributed by atoms with Gasteiger partial charge in [0, 0.05) is 32.5 Å². The van der Waals surface area contributed by atoms with E-state index in [1.807, 2.05) is 0 Å². The number of rotatable bonds is 7. The summed E-state index contributed by atoms with van der Waals surface area (Å²) in [7, 11) is 0. The number of carbonyl (C=O) groups is 1. The van der Waals surface area contributed by atoms with Crippen molar-refractivity contribution >= 4 is 5.91 Å². The summed E-state index contributed by atoms with van der Waals surface area (Å²) in [5.74, 6) is -3.04. The van der Waals surface area contributed by atoms with Crippen molar-refractivity contribution in [3.63, 3.8) is 0 Å². The van der Waals surface area contributed by atoms with E-state index in [1.165, 1.54) is 4.90 Å². The van der Waals surface area contributed by atoms with Crippen molar-refractivity contribution in [2.24, 2.45) is 17.3 Å². The van der Waals surface area contributed by atoms with Gasteiger partial charge >= 0.3 is 12.4 Å². The Morgan fingerprint density at radius 1 is 0.889 bits per heavy atom. The highest BCUT2D eigenvalue weighted by molar-refractivity contribution is 5.83. The average Bonchev–Trinajstić information content (AvgIpc) is 3.46. The molecule has 1 N–H and O–H groups in total. The van der Waals surface area contributed by atoms with E-state index in [-0.39, 0.29) is 55.7 Å². The molecule has 3 aliphatic rings. The lowest BCUT2D eigenvalue weighted by atomic mass is 9.79. The summed E-state index contributed by atoms with van der Waals surface area (Å²) in [6, 6.07) is 1.35. The van der Waals surface area contributed by atoms with Crippen LogP contribution in [0.4, 0.5) is 35.1 Å². The first-order valence-electron chi connectivity index (χ1n) is 12.3. The van der Waals surface area contributed by atoms with Crippen LogP contribution in [0.2, 0.25) is 0 Å². The van der Waals surface area contributed by atoms with Crippen molar-refractivity contribution in [3.05, 3.63) is 34.9 Å². The zero-order chi connectivity index (χ0) is 26.4. The van der Waals surface area contributed by atoms with E-state index in [2.05, 4.69) is 5.32 Å². The SMILES string of the molecule is O=C(N(Cc1cc(C(F)(F)F)cc(C(F)(F)F)c1)CC1CCC(F)(F)CC1)C1(CC2CC2)CCNC1. The van der Waals surface area contributed by atoms with Crippen molar-refractivity contribution < 1.29 is 39.9 Å². The van der Waals surface area contributed by atoms with Crippen LogP contribution in [0.1, 0.15) is 68.1 Å². The van der Waals surface area contributed by atoms with E-state index in [9.17, 15) is 39.9 Å². The van der Waals surface area contributed by atoms with E-state index >= 15 is 0 Å². The topological polar surface area (TPSA) is 32.3 Å². The third kappa shape index (κ3) is 6.50. The maximum absolute atomic E-state index is 13.9. The first-order chi connectivity index (χ1) is 16.7. The molecule has 0 spiro atoms. The molecule has 4 rings (SSSR count). The Labute approximate surface area is 204 Å². The van der Waals surface area contributed by atoms with Crippen LogP contribution in [0, 0.1) is 17.3 Å². The third-order valence-corrected chi connectivity index (χ3v) is 7.70. The number of amides is 1. The number of carbonyl (C=O) groups excluding carboxylic acids is 1. The van der Waals surface area contributed by atoms with Crippen molar-refractivity contribution in [3.8, 4) is 0 Å². The predicted molar refractivity (Wildman–Crippen MR) is 116 cm³/mol. The summed E-state index contributed by atoms with van der Waals surface area (Å²) in [4.78, 5) is 15.2. The first-order valence-corrected chi connectivity index (χ1v) is 12.3. The monoisotopic (exact) mass is 526 g/mol. The number of hydrogen-bond donors (Lipinski definition) is 1. The number of alkyl halides is 8. The normalized spacial score (nSPS) is 25.2. The lowest BCUT2D eigenvalue weighted by molar-refractivity contribution is -0.144. The molecule has 3 fully saturated rings. The van der Waals surface area contributed by atoms with Gasteiger partial charge in [-0.1, -0.05) is 12.8 Å². The summed E-state index contributed by atoms with van der Waals surface area (Å²) in [5.41, 5.74) is -3.94. The summed E-state index contributed by atoms with van der Waals surface area (Å²) < 4.78 is 108.